The first-order valence-corrected chi connectivity index (χ1v) is 9.29. The Morgan fingerprint density at radius 1 is 1.21 bits per heavy atom. The van der Waals surface area contributed by atoms with Gasteiger partial charge in [-0.05, 0) is 25.0 Å². The van der Waals surface area contributed by atoms with Crippen LogP contribution in [-0.2, 0) is 22.0 Å². The van der Waals surface area contributed by atoms with Gasteiger partial charge in [0.05, 0.1) is 6.54 Å². The number of hydrogen-bond donors (Lipinski definition) is 0. The van der Waals surface area contributed by atoms with E-state index >= 15 is 0 Å². The summed E-state index contributed by atoms with van der Waals surface area (Å²) in [6, 6.07) is 2.99. The van der Waals surface area contributed by atoms with Gasteiger partial charge in [-0.15, -0.1) is 0 Å². The predicted octanol–water partition coefficient (Wildman–Crippen LogP) is 1.56. The topological polar surface area (TPSA) is 98.5 Å². The lowest BCUT2D eigenvalue weighted by atomic mass is 9.96. The zero-order valence-corrected chi connectivity index (χ0v) is 14.8. The van der Waals surface area contributed by atoms with Crippen LogP contribution >= 0.6 is 0 Å². The Bertz CT molecular complexity index is 879. The molecule has 3 heterocycles. The van der Waals surface area contributed by atoms with Crippen molar-refractivity contribution >= 4 is 10.0 Å². The van der Waals surface area contributed by atoms with Crippen LogP contribution in [0.1, 0.15) is 45.2 Å². The highest BCUT2D eigenvalue weighted by molar-refractivity contribution is 7.89. The molecule has 132 valence electrons. The Morgan fingerprint density at radius 2 is 1.88 bits per heavy atom. The van der Waals surface area contributed by atoms with Gasteiger partial charge in [0, 0.05) is 18.5 Å². The van der Waals surface area contributed by atoms with E-state index in [-0.39, 0.29) is 17.1 Å². The smallest absolute Gasteiger partial charge is 0.442 e. The molecule has 0 bridgehead atoms. The van der Waals surface area contributed by atoms with Gasteiger partial charge in [-0.25, -0.2) is 13.2 Å². The molecule has 8 nitrogen and oxygen atoms in total. The second-order valence-electron chi connectivity index (χ2n) is 6.94. The molecule has 1 saturated heterocycles. The summed E-state index contributed by atoms with van der Waals surface area (Å²) in [5.74, 6) is 0.247. The first kappa shape index (κ1) is 17.0. The summed E-state index contributed by atoms with van der Waals surface area (Å²) in [6.07, 6.45) is 1.72. The maximum Gasteiger partial charge on any atom is 0.442 e. The highest BCUT2D eigenvalue weighted by Gasteiger charge is 2.30. The molecule has 1 aliphatic heterocycles. The van der Waals surface area contributed by atoms with E-state index in [4.69, 9.17) is 8.94 Å². The molecular weight excluding hydrogens is 334 g/mol. The van der Waals surface area contributed by atoms with Gasteiger partial charge in [0.1, 0.15) is 5.76 Å². The van der Waals surface area contributed by atoms with Crippen LogP contribution in [0.4, 0.5) is 0 Å². The second-order valence-corrected chi connectivity index (χ2v) is 8.81. The SMILES string of the molecule is CC(C)(C)c1noc(=O)n1Cc1ccc(S(=O)(=O)N2CCCC2)o1. The fourth-order valence-electron chi connectivity index (χ4n) is 2.74. The highest BCUT2D eigenvalue weighted by Crippen LogP contribution is 2.24. The Hall–Kier alpha value is -1.87. The molecule has 9 heteroatoms. The van der Waals surface area contributed by atoms with Gasteiger partial charge in [-0.1, -0.05) is 25.9 Å². The van der Waals surface area contributed by atoms with Crippen molar-refractivity contribution in [2.24, 2.45) is 0 Å². The Kier molecular flexibility index (Phi) is 4.16. The molecule has 0 radical (unpaired) electrons. The summed E-state index contributed by atoms with van der Waals surface area (Å²) in [4.78, 5) is 11.9. The maximum absolute atomic E-state index is 12.5. The lowest BCUT2D eigenvalue weighted by Crippen LogP contribution is -2.27. The molecule has 3 rings (SSSR count). The third-order valence-corrected chi connectivity index (χ3v) is 5.74. The maximum atomic E-state index is 12.5. The summed E-state index contributed by atoms with van der Waals surface area (Å²) in [6.45, 7) is 6.82. The van der Waals surface area contributed by atoms with Gasteiger partial charge < -0.3 is 4.42 Å². The van der Waals surface area contributed by atoms with Gasteiger partial charge in [0.15, 0.2) is 5.82 Å². The largest absolute Gasteiger partial charge is 0.446 e. The van der Waals surface area contributed by atoms with Crippen LogP contribution in [0.3, 0.4) is 0 Å². The molecule has 1 fully saturated rings. The quantitative estimate of drug-likeness (QED) is 0.825. The average Bonchev–Trinajstić information content (AvgIpc) is 3.20. The molecule has 0 spiro atoms. The molecule has 24 heavy (non-hydrogen) atoms. The normalized spacial score (nSPS) is 16.8. The van der Waals surface area contributed by atoms with Crippen LogP contribution in [0, 0.1) is 0 Å². The minimum Gasteiger partial charge on any atom is -0.446 e. The van der Waals surface area contributed by atoms with E-state index in [1.807, 2.05) is 20.8 Å². The van der Waals surface area contributed by atoms with Crippen LogP contribution in [0.2, 0.25) is 0 Å². The molecule has 0 amide bonds. The highest BCUT2D eigenvalue weighted by atomic mass is 32.2. The van der Waals surface area contributed by atoms with Crippen molar-refractivity contribution in [2.45, 2.75) is 50.7 Å². The average molecular weight is 355 g/mol. The van der Waals surface area contributed by atoms with E-state index < -0.39 is 15.8 Å². The third kappa shape index (κ3) is 3.05. The van der Waals surface area contributed by atoms with E-state index in [0.29, 0.717) is 24.7 Å². The van der Waals surface area contributed by atoms with Gasteiger partial charge in [-0.2, -0.15) is 4.31 Å². The summed E-state index contributed by atoms with van der Waals surface area (Å²) < 4.78 is 38.0. The van der Waals surface area contributed by atoms with E-state index in [0.717, 1.165) is 12.8 Å². The van der Waals surface area contributed by atoms with Crippen molar-refractivity contribution < 1.29 is 17.4 Å². The first-order valence-electron chi connectivity index (χ1n) is 7.85. The van der Waals surface area contributed by atoms with E-state index in [2.05, 4.69) is 5.16 Å². The van der Waals surface area contributed by atoms with Crippen LogP contribution < -0.4 is 5.76 Å². The van der Waals surface area contributed by atoms with Crippen molar-refractivity contribution in [1.82, 2.24) is 14.0 Å². The fourth-order valence-corrected chi connectivity index (χ4v) is 4.19. The van der Waals surface area contributed by atoms with E-state index in [9.17, 15) is 13.2 Å². The number of sulfonamides is 1. The lowest BCUT2D eigenvalue weighted by molar-refractivity contribution is 0.361. The summed E-state index contributed by atoms with van der Waals surface area (Å²) in [5.41, 5.74) is -0.386. The third-order valence-electron chi connectivity index (χ3n) is 3.97. The Balaban J connectivity index is 1.88. The van der Waals surface area contributed by atoms with Crippen molar-refractivity contribution in [3.05, 3.63) is 34.3 Å². The minimum absolute atomic E-state index is 0.0739. The zero-order valence-electron chi connectivity index (χ0n) is 14.0. The monoisotopic (exact) mass is 355 g/mol. The van der Waals surface area contributed by atoms with Crippen molar-refractivity contribution in [3.8, 4) is 0 Å². The predicted molar refractivity (Wildman–Crippen MR) is 85.3 cm³/mol. The Labute approximate surface area is 140 Å². The van der Waals surface area contributed by atoms with Crippen molar-refractivity contribution in [2.75, 3.05) is 13.1 Å². The molecule has 2 aromatic rings. The van der Waals surface area contributed by atoms with Crippen molar-refractivity contribution in [1.29, 1.82) is 0 Å². The van der Waals surface area contributed by atoms with Gasteiger partial charge in [0.25, 0.3) is 10.0 Å². The summed E-state index contributed by atoms with van der Waals surface area (Å²) in [7, 11) is -3.61. The number of nitrogens with zero attached hydrogens (tertiary/aromatic N) is 3. The molecule has 0 unspecified atom stereocenters. The molecule has 0 N–H and O–H groups in total. The first-order chi connectivity index (χ1) is 11.2. The number of furan rings is 1. The summed E-state index contributed by atoms with van der Waals surface area (Å²) in [5, 5.41) is 3.71. The Morgan fingerprint density at radius 3 is 2.50 bits per heavy atom. The molecule has 0 saturated carbocycles. The zero-order chi connectivity index (χ0) is 17.5. The molecule has 0 aromatic carbocycles. The number of rotatable bonds is 4. The fraction of sp³-hybridized carbons (Fsp3) is 0.600. The number of hydrogen-bond acceptors (Lipinski definition) is 6. The van der Waals surface area contributed by atoms with Crippen molar-refractivity contribution in [3.63, 3.8) is 0 Å². The standard InChI is InChI=1S/C15H21N3O5S/c1-15(2,3)13-16-23-14(19)18(13)10-11-6-7-12(22-11)24(20,21)17-8-4-5-9-17/h6-7H,4-5,8-10H2,1-3H3. The molecular formula is C15H21N3O5S. The van der Waals surface area contributed by atoms with Crippen LogP contribution in [0.15, 0.2) is 31.0 Å². The lowest BCUT2D eigenvalue weighted by Gasteiger charge is -2.16. The van der Waals surface area contributed by atoms with Crippen LogP contribution in [0.25, 0.3) is 0 Å². The molecule has 0 atom stereocenters. The van der Waals surface area contributed by atoms with Gasteiger partial charge in [0.2, 0.25) is 5.09 Å². The van der Waals surface area contributed by atoms with Crippen LogP contribution in [0.5, 0.6) is 0 Å². The molecule has 2 aromatic heterocycles. The number of aromatic nitrogens is 2. The minimum atomic E-state index is -3.61. The molecule has 1 aliphatic rings. The van der Waals surface area contributed by atoms with E-state index in [1.165, 1.54) is 14.9 Å². The van der Waals surface area contributed by atoms with E-state index in [1.54, 1.807) is 6.07 Å². The van der Waals surface area contributed by atoms with Gasteiger partial charge >= 0.3 is 5.76 Å². The second kappa shape index (κ2) is 5.89. The summed E-state index contributed by atoms with van der Waals surface area (Å²) >= 11 is 0. The van der Waals surface area contributed by atoms with Crippen LogP contribution in [-0.4, -0.2) is 35.5 Å². The van der Waals surface area contributed by atoms with Gasteiger partial charge in [-0.3, -0.25) is 9.09 Å². The molecule has 0 aliphatic carbocycles.